The van der Waals surface area contributed by atoms with Crippen LogP contribution in [0.5, 0.6) is 0 Å². The van der Waals surface area contributed by atoms with Crippen LogP contribution in [0.25, 0.3) is 0 Å². The Balaban J connectivity index is 2.18. The Morgan fingerprint density at radius 3 is 2.79 bits per heavy atom. The van der Waals surface area contributed by atoms with Crippen molar-refractivity contribution in [3.8, 4) is 0 Å². The average Bonchev–Trinajstić information content (AvgIpc) is 2.65. The van der Waals surface area contributed by atoms with Crippen molar-refractivity contribution < 1.29 is 8.42 Å². The fourth-order valence-electron chi connectivity index (χ4n) is 2.28. The van der Waals surface area contributed by atoms with Crippen LogP contribution in [0.1, 0.15) is 0 Å². The largest absolute Gasteiger partial charge is 0.257 e. The second-order valence-corrected chi connectivity index (χ2v) is 8.45. The van der Waals surface area contributed by atoms with Crippen molar-refractivity contribution in [2.45, 2.75) is 14.7 Å². The van der Waals surface area contributed by atoms with Gasteiger partial charge in [0.05, 0.1) is 32.1 Å². The molecule has 3 heterocycles. The first-order chi connectivity index (χ1) is 6.55. The minimum absolute atomic E-state index is 0.131. The zero-order valence-corrected chi connectivity index (χ0v) is 10.00. The van der Waals surface area contributed by atoms with Crippen LogP contribution >= 0.6 is 23.2 Å². The standard InChI is InChI=1S/C8H6Cl2O2S2/c9-6-3-4-7(13(6)11)5-1-2-8(4,10)14(5)12/h1-5,7H/t4-,5+,7+,8-,13?,14?/m0/s1. The Labute approximate surface area is 96.3 Å². The van der Waals surface area contributed by atoms with Crippen molar-refractivity contribution in [3.63, 3.8) is 0 Å². The minimum Gasteiger partial charge on any atom is -0.257 e. The van der Waals surface area contributed by atoms with E-state index in [4.69, 9.17) is 23.2 Å². The van der Waals surface area contributed by atoms with Crippen molar-refractivity contribution in [2.24, 2.45) is 5.92 Å². The smallest absolute Gasteiger partial charge is 0.145 e. The van der Waals surface area contributed by atoms with E-state index >= 15 is 0 Å². The lowest BCUT2D eigenvalue weighted by molar-refractivity contribution is 0.609. The molecule has 14 heavy (non-hydrogen) atoms. The molecule has 2 unspecified atom stereocenters. The molecule has 3 rings (SSSR count). The third-order valence-corrected chi connectivity index (χ3v) is 8.11. The molecule has 3 aliphatic heterocycles. The fourth-order valence-corrected chi connectivity index (χ4v) is 7.25. The highest BCUT2D eigenvalue weighted by molar-refractivity contribution is 7.95. The molecule has 0 spiro atoms. The van der Waals surface area contributed by atoms with Gasteiger partial charge in [-0.15, -0.1) is 0 Å². The summed E-state index contributed by atoms with van der Waals surface area (Å²) in [6.07, 6.45) is 5.28. The van der Waals surface area contributed by atoms with E-state index in [1.165, 1.54) is 0 Å². The molecule has 6 atom stereocenters. The summed E-state index contributed by atoms with van der Waals surface area (Å²) >= 11 is 12.1. The molecular formula is C8H6Cl2O2S2. The zero-order chi connectivity index (χ0) is 10.1. The molecule has 0 aromatic carbocycles. The molecule has 1 fully saturated rings. The van der Waals surface area contributed by atoms with E-state index in [0.29, 0.717) is 4.36 Å². The molecule has 0 radical (unpaired) electrons. The van der Waals surface area contributed by atoms with E-state index < -0.39 is 25.8 Å². The van der Waals surface area contributed by atoms with Gasteiger partial charge in [-0.25, -0.2) is 0 Å². The van der Waals surface area contributed by atoms with E-state index in [0.717, 1.165) is 0 Å². The molecule has 3 aliphatic rings. The van der Waals surface area contributed by atoms with E-state index in [-0.39, 0.29) is 16.4 Å². The SMILES string of the molecule is O=S1C(Cl)=C[C@H]2[C@@H]1[C@H]1C=C[C@]2(Cl)S1=O. The molecular weight excluding hydrogens is 263 g/mol. The summed E-state index contributed by atoms with van der Waals surface area (Å²) in [6.45, 7) is 0. The van der Waals surface area contributed by atoms with Crippen LogP contribution in [0.15, 0.2) is 22.6 Å². The number of allylic oxidation sites excluding steroid dienone is 1. The predicted molar refractivity (Wildman–Crippen MR) is 59.0 cm³/mol. The van der Waals surface area contributed by atoms with Crippen molar-refractivity contribution >= 4 is 44.8 Å². The normalized spacial score (nSPS) is 59.0. The van der Waals surface area contributed by atoms with Crippen LogP contribution in [-0.2, 0) is 21.6 Å². The van der Waals surface area contributed by atoms with Crippen molar-refractivity contribution in [1.29, 1.82) is 0 Å². The Bertz CT molecular complexity index is 431. The monoisotopic (exact) mass is 268 g/mol. The topological polar surface area (TPSA) is 34.1 Å². The van der Waals surface area contributed by atoms with Gasteiger partial charge in [0, 0.05) is 5.92 Å². The third kappa shape index (κ3) is 0.889. The van der Waals surface area contributed by atoms with Gasteiger partial charge in [0.2, 0.25) is 0 Å². The number of alkyl halides is 1. The number of halogens is 2. The lowest BCUT2D eigenvalue weighted by atomic mass is 9.94. The van der Waals surface area contributed by atoms with Crippen molar-refractivity contribution in [1.82, 2.24) is 0 Å². The number of rotatable bonds is 0. The first-order valence-electron chi connectivity index (χ1n) is 4.12. The van der Waals surface area contributed by atoms with Gasteiger partial charge in [-0.3, -0.25) is 8.42 Å². The Morgan fingerprint density at radius 1 is 1.43 bits per heavy atom. The number of hydrogen-bond acceptors (Lipinski definition) is 2. The summed E-state index contributed by atoms with van der Waals surface area (Å²) in [7, 11) is -2.37. The highest BCUT2D eigenvalue weighted by Crippen LogP contribution is 2.55. The molecule has 0 aromatic rings. The van der Waals surface area contributed by atoms with E-state index in [2.05, 4.69) is 0 Å². The molecule has 0 N–H and O–H groups in total. The van der Waals surface area contributed by atoms with Crippen LogP contribution in [0.4, 0.5) is 0 Å². The van der Waals surface area contributed by atoms with Crippen molar-refractivity contribution in [2.75, 3.05) is 0 Å². The highest BCUT2D eigenvalue weighted by Gasteiger charge is 2.63. The third-order valence-electron chi connectivity index (χ3n) is 2.95. The first-order valence-corrected chi connectivity index (χ1v) is 7.31. The van der Waals surface area contributed by atoms with Crippen molar-refractivity contribution in [3.05, 3.63) is 22.6 Å². The molecule has 6 heteroatoms. The van der Waals surface area contributed by atoms with E-state index in [1.807, 2.05) is 6.08 Å². The Hall–Kier alpha value is 0.360. The molecule has 2 nitrogen and oxygen atoms in total. The van der Waals surface area contributed by atoms with Crippen LogP contribution in [0.3, 0.4) is 0 Å². The van der Waals surface area contributed by atoms with Gasteiger partial charge in [0.25, 0.3) is 0 Å². The van der Waals surface area contributed by atoms with Crippen LogP contribution in [-0.4, -0.2) is 23.1 Å². The van der Waals surface area contributed by atoms with Gasteiger partial charge in [-0.1, -0.05) is 35.4 Å². The Morgan fingerprint density at radius 2 is 2.14 bits per heavy atom. The molecule has 0 amide bonds. The lowest BCUT2D eigenvalue weighted by Crippen LogP contribution is -2.31. The van der Waals surface area contributed by atoms with Gasteiger partial charge in [-0.2, -0.15) is 0 Å². The summed E-state index contributed by atoms with van der Waals surface area (Å²) < 4.78 is 23.1. The van der Waals surface area contributed by atoms with Crippen LogP contribution < -0.4 is 0 Å². The molecule has 76 valence electrons. The first kappa shape index (κ1) is 9.58. The van der Waals surface area contributed by atoms with Gasteiger partial charge >= 0.3 is 0 Å². The van der Waals surface area contributed by atoms with Crippen LogP contribution in [0.2, 0.25) is 0 Å². The van der Waals surface area contributed by atoms with E-state index in [9.17, 15) is 8.42 Å². The quantitative estimate of drug-likeness (QED) is 0.492. The summed E-state index contributed by atoms with van der Waals surface area (Å²) in [5.74, 6) is -0.131. The van der Waals surface area contributed by atoms with Crippen LogP contribution in [0, 0.1) is 5.92 Å². The van der Waals surface area contributed by atoms with Gasteiger partial charge in [0.1, 0.15) is 8.57 Å². The predicted octanol–water partition coefficient (Wildman–Crippen LogP) is 1.45. The van der Waals surface area contributed by atoms with Gasteiger partial charge in [0.15, 0.2) is 0 Å². The molecule has 0 saturated carbocycles. The maximum atomic E-state index is 11.9. The maximum Gasteiger partial charge on any atom is 0.145 e. The minimum atomic E-state index is -1.22. The molecule has 2 bridgehead atoms. The summed E-state index contributed by atoms with van der Waals surface area (Å²) in [5.41, 5.74) is 0. The number of hydrogen-bond donors (Lipinski definition) is 0. The summed E-state index contributed by atoms with van der Waals surface area (Å²) in [4.78, 5) is 0. The van der Waals surface area contributed by atoms with E-state index in [1.54, 1.807) is 12.2 Å². The second-order valence-electron chi connectivity index (χ2n) is 3.58. The van der Waals surface area contributed by atoms with Gasteiger partial charge < -0.3 is 0 Å². The average molecular weight is 269 g/mol. The molecule has 0 aromatic heterocycles. The molecule has 0 aliphatic carbocycles. The van der Waals surface area contributed by atoms with Gasteiger partial charge in [-0.05, 0) is 6.08 Å². The second kappa shape index (κ2) is 2.73. The summed E-state index contributed by atoms with van der Waals surface area (Å²) in [5, 5.41) is -0.364. The maximum absolute atomic E-state index is 11.9. The highest BCUT2D eigenvalue weighted by atomic mass is 35.5. The summed E-state index contributed by atoms with van der Waals surface area (Å²) in [6, 6.07) is 0. The molecule has 1 saturated heterocycles. The number of fused-ring (bicyclic) bond motifs is 5. The zero-order valence-electron chi connectivity index (χ0n) is 6.85. The fraction of sp³-hybridized carbons (Fsp3) is 0.500. The lowest BCUT2D eigenvalue weighted by Gasteiger charge is -2.21. The Kier molecular flexibility index (Phi) is 1.87.